The Morgan fingerprint density at radius 3 is 2.46 bits per heavy atom. The van der Waals surface area contributed by atoms with Gasteiger partial charge in [0.15, 0.2) is 6.04 Å². The quantitative estimate of drug-likeness (QED) is 0.741. The van der Waals surface area contributed by atoms with Crippen molar-refractivity contribution in [1.82, 2.24) is 14.9 Å². The number of aliphatic carboxylic acids is 1. The third-order valence-electron chi connectivity index (χ3n) is 3.81. The standard InChI is InChI=1S/C16H17N3O5/c1-8-4-5-10(6-9(8)2)12(15(22)23)18-13(20)11-7-17-16(24)19(3)14(11)21/h4-7,12H,1-3H3,(H,17,24)(H,18,20)(H,22,23). The van der Waals surface area contributed by atoms with E-state index in [2.05, 4.69) is 10.3 Å². The van der Waals surface area contributed by atoms with Crippen LogP contribution < -0.4 is 16.6 Å². The Morgan fingerprint density at radius 2 is 1.88 bits per heavy atom. The van der Waals surface area contributed by atoms with E-state index in [0.29, 0.717) is 5.56 Å². The van der Waals surface area contributed by atoms with Crippen molar-refractivity contribution >= 4 is 11.9 Å². The second-order valence-electron chi connectivity index (χ2n) is 5.46. The van der Waals surface area contributed by atoms with Gasteiger partial charge in [-0.1, -0.05) is 18.2 Å². The molecule has 0 radical (unpaired) electrons. The summed E-state index contributed by atoms with van der Waals surface area (Å²) in [6, 6.07) is 3.71. The van der Waals surface area contributed by atoms with Crippen LogP contribution in [0.5, 0.6) is 0 Å². The molecule has 1 heterocycles. The number of benzene rings is 1. The van der Waals surface area contributed by atoms with Crippen molar-refractivity contribution in [3.05, 3.63) is 67.5 Å². The van der Waals surface area contributed by atoms with Crippen LogP contribution in [0, 0.1) is 13.8 Å². The minimum Gasteiger partial charge on any atom is -0.479 e. The van der Waals surface area contributed by atoms with Gasteiger partial charge in [-0.25, -0.2) is 9.59 Å². The fraction of sp³-hybridized carbons (Fsp3) is 0.250. The van der Waals surface area contributed by atoms with Gasteiger partial charge in [0.2, 0.25) is 0 Å². The molecule has 3 N–H and O–H groups in total. The molecule has 1 aromatic carbocycles. The van der Waals surface area contributed by atoms with Crippen molar-refractivity contribution in [3.63, 3.8) is 0 Å². The smallest absolute Gasteiger partial charge is 0.330 e. The van der Waals surface area contributed by atoms with E-state index in [1.165, 1.54) is 7.05 Å². The molecule has 2 rings (SSSR count). The second kappa shape index (κ2) is 6.53. The zero-order valence-electron chi connectivity index (χ0n) is 13.4. The molecule has 8 heteroatoms. The summed E-state index contributed by atoms with van der Waals surface area (Å²) >= 11 is 0. The number of H-pyrrole nitrogens is 1. The first kappa shape index (κ1) is 17.2. The number of carboxylic acids is 1. The molecule has 0 saturated carbocycles. The molecule has 1 aromatic heterocycles. The summed E-state index contributed by atoms with van der Waals surface area (Å²) in [4.78, 5) is 49.3. The zero-order valence-corrected chi connectivity index (χ0v) is 13.4. The van der Waals surface area contributed by atoms with Crippen LogP contribution >= 0.6 is 0 Å². The van der Waals surface area contributed by atoms with Crippen molar-refractivity contribution < 1.29 is 14.7 Å². The molecule has 24 heavy (non-hydrogen) atoms. The molecule has 0 fully saturated rings. The molecule has 2 aromatic rings. The average molecular weight is 331 g/mol. The molecule has 126 valence electrons. The Kier molecular flexibility index (Phi) is 4.68. The van der Waals surface area contributed by atoms with Crippen molar-refractivity contribution in [3.8, 4) is 0 Å². The number of nitrogens with one attached hydrogen (secondary N) is 2. The van der Waals surface area contributed by atoms with Gasteiger partial charge in [-0.05, 0) is 30.5 Å². The number of carboxylic acid groups (broad SMARTS) is 1. The van der Waals surface area contributed by atoms with E-state index in [1.54, 1.807) is 18.2 Å². The van der Waals surface area contributed by atoms with Crippen molar-refractivity contribution in [2.75, 3.05) is 0 Å². The van der Waals surface area contributed by atoms with Gasteiger partial charge in [0.1, 0.15) is 5.56 Å². The van der Waals surface area contributed by atoms with E-state index in [9.17, 15) is 24.3 Å². The molecule has 0 aliphatic heterocycles. The van der Waals surface area contributed by atoms with E-state index >= 15 is 0 Å². The van der Waals surface area contributed by atoms with Gasteiger partial charge in [0, 0.05) is 13.2 Å². The number of amides is 1. The fourth-order valence-corrected chi connectivity index (χ4v) is 2.17. The Labute approximate surface area is 136 Å². The normalized spacial score (nSPS) is 11.8. The molecule has 8 nitrogen and oxygen atoms in total. The van der Waals surface area contributed by atoms with Gasteiger partial charge < -0.3 is 15.4 Å². The number of rotatable bonds is 4. The lowest BCUT2D eigenvalue weighted by atomic mass is 10.0. The SMILES string of the molecule is Cc1ccc(C(NC(=O)c2c[nH]c(=O)n(C)c2=O)C(=O)O)cc1C. The third kappa shape index (κ3) is 3.27. The minimum absolute atomic E-state index is 0.341. The number of carbonyl (C=O) groups excluding carboxylic acids is 1. The fourth-order valence-electron chi connectivity index (χ4n) is 2.17. The Balaban J connectivity index is 2.38. The van der Waals surface area contributed by atoms with Crippen molar-refractivity contribution in [2.45, 2.75) is 19.9 Å². The van der Waals surface area contributed by atoms with Gasteiger partial charge >= 0.3 is 11.7 Å². The summed E-state index contributed by atoms with van der Waals surface area (Å²) in [5.74, 6) is -2.13. The van der Waals surface area contributed by atoms with Gasteiger partial charge in [-0.15, -0.1) is 0 Å². The third-order valence-corrected chi connectivity index (χ3v) is 3.81. The minimum atomic E-state index is -1.31. The first-order valence-electron chi connectivity index (χ1n) is 7.12. The van der Waals surface area contributed by atoms with Crippen molar-refractivity contribution in [1.29, 1.82) is 0 Å². The van der Waals surface area contributed by atoms with E-state index in [-0.39, 0.29) is 5.56 Å². The monoisotopic (exact) mass is 331 g/mol. The number of hydrogen-bond acceptors (Lipinski definition) is 4. The van der Waals surface area contributed by atoms with Crippen LogP contribution in [0.4, 0.5) is 0 Å². The maximum Gasteiger partial charge on any atom is 0.330 e. The van der Waals surface area contributed by atoms with Crippen LogP contribution in [0.3, 0.4) is 0 Å². The van der Waals surface area contributed by atoms with E-state index < -0.39 is 29.2 Å². The molecule has 1 amide bonds. The van der Waals surface area contributed by atoms with Crippen LogP contribution in [0.15, 0.2) is 34.0 Å². The van der Waals surface area contributed by atoms with Gasteiger partial charge in [0.05, 0.1) is 0 Å². The second-order valence-corrected chi connectivity index (χ2v) is 5.46. The van der Waals surface area contributed by atoms with Crippen molar-refractivity contribution in [2.24, 2.45) is 7.05 Å². The van der Waals surface area contributed by atoms with E-state index in [1.807, 2.05) is 13.8 Å². The predicted molar refractivity (Wildman–Crippen MR) is 86.1 cm³/mol. The summed E-state index contributed by atoms with van der Waals surface area (Å²) in [6.45, 7) is 3.72. The van der Waals surface area contributed by atoms with Gasteiger partial charge in [-0.3, -0.25) is 14.2 Å². The topological polar surface area (TPSA) is 121 Å². The summed E-state index contributed by atoms with van der Waals surface area (Å²) in [7, 11) is 1.22. The zero-order chi connectivity index (χ0) is 18.0. The highest BCUT2D eigenvalue weighted by Crippen LogP contribution is 2.18. The Bertz CT molecular complexity index is 926. The first-order chi connectivity index (χ1) is 11.2. The number of aryl methyl sites for hydroxylation is 2. The highest BCUT2D eigenvalue weighted by Gasteiger charge is 2.24. The van der Waals surface area contributed by atoms with Gasteiger partial charge in [0.25, 0.3) is 11.5 Å². The molecule has 0 saturated heterocycles. The largest absolute Gasteiger partial charge is 0.479 e. The number of carbonyl (C=O) groups is 2. The Morgan fingerprint density at radius 1 is 1.21 bits per heavy atom. The number of hydrogen-bond donors (Lipinski definition) is 3. The maximum absolute atomic E-state index is 12.3. The highest BCUT2D eigenvalue weighted by molar-refractivity contribution is 5.96. The lowest BCUT2D eigenvalue weighted by Gasteiger charge is -2.16. The molecular formula is C16H17N3O5. The number of aromatic amines is 1. The van der Waals surface area contributed by atoms with E-state index in [0.717, 1.165) is 21.9 Å². The summed E-state index contributed by atoms with van der Waals surface area (Å²) in [5, 5.41) is 11.7. The molecule has 1 unspecified atom stereocenters. The first-order valence-corrected chi connectivity index (χ1v) is 7.12. The predicted octanol–water partition coefficient (Wildman–Crippen LogP) is 0.246. The Hall–Kier alpha value is -3.16. The lowest BCUT2D eigenvalue weighted by Crippen LogP contribution is -2.41. The molecule has 0 spiro atoms. The van der Waals surface area contributed by atoms with Crippen LogP contribution in [0.2, 0.25) is 0 Å². The molecule has 0 aliphatic rings. The maximum atomic E-state index is 12.3. The molecule has 0 aliphatic carbocycles. The molecular weight excluding hydrogens is 314 g/mol. The average Bonchev–Trinajstić information content (AvgIpc) is 2.52. The number of aromatic nitrogens is 2. The summed E-state index contributed by atoms with van der Waals surface area (Å²) in [6.07, 6.45) is 0.972. The summed E-state index contributed by atoms with van der Waals surface area (Å²) < 4.78 is 0.737. The molecule has 0 bridgehead atoms. The van der Waals surface area contributed by atoms with Crippen LogP contribution in [0.25, 0.3) is 0 Å². The number of nitrogens with zero attached hydrogens (tertiary/aromatic N) is 1. The molecule has 1 atom stereocenters. The van der Waals surface area contributed by atoms with Crippen LogP contribution in [-0.4, -0.2) is 26.5 Å². The van der Waals surface area contributed by atoms with Gasteiger partial charge in [-0.2, -0.15) is 0 Å². The highest BCUT2D eigenvalue weighted by atomic mass is 16.4. The summed E-state index contributed by atoms with van der Waals surface area (Å²) in [5.41, 5.74) is 0.449. The van der Waals surface area contributed by atoms with Crippen LogP contribution in [0.1, 0.15) is 33.1 Å². The van der Waals surface area contributed by atoms with E-state index in [4.69, 9.17) is 0 Å². The lowest BCUT2D eigenvalue weighted by molar-refractivity contribution is -0.139. The van der Waals surface area contributed by atoms with Crippen LogP contribution in [-0.2, 0) is 11.8 Å².